The van der Waals surface area contributed by atoms with Gasteiger partial charge in [0.25, 0.3) is 5.69 Å². The van der Waals surface area contributed by atoms with Gasteiger partial charge < -0.3 is 5.32 Å². The second kappa shape index (κ2) is 6.25. The van der Waals surface area contributed by atoms with Crippen molar-refractivity contribution in [2.24, 2.45) is 0 Å². The van der Waals surface area contributed by atoms with Crippen molar-refractivity contribution in [1.82, 2.24) is 5.32 Å². The van der Waals surface area contributed by atoms with Crippen LogP contribution in [0, 0.1) is 15.9 Å². The van der Waals surface area contributed by atoms with Crippen LogP contribution in [-0.2, 0) is 6.54 Å². The Kier molecular flexibility index (Phi) is 4.42. The number of nitrogens with zero attached hydrogens (tertiary/aromatic N) is 1. The molecule has 0 aliphatic carbocycles. The predicted molar refractivity (Wildman–Crippen MR) is 74.8 cm³/mol. The topological polar surface area (TPSA) is 55.2 Å². The maximum Gasteiger partial charge on any atom is 0.269 e. The first-order chi connectivity index (χ1) is 9.56. The number of nitrogens with one attached hydrogen (secondary N) is 1. The first-order valence-corrected chi connectivity index (χ1v) is 6.28. The second-order valence-corrected chi connectivity index (χ2v) is 4.58. The molecular formula is C15H15FN2O2. The van der Waals surface area contributed by atoms with E-state index in [0.29, 0.717) is 6.54 Å². The van der Waals surface area contributed by atoms with E-state index < -0.39 is 4.92 Å². The third kappa shape index (κ3) is 3.61. The van der Waals surface area contributed by atoms with E-state index in [1.54, 1.807) is 24.3 Å². The zero-order valence-corrected chi connectivity index (χ0v) is 11.0. The molecule has 5 heteroatoms. The smallest absolute Gasteiger partial charge is 0.269 e. The van der Waals surface area contributed by atoms with Crippen LogP contribution in [0.3, 0.4) is 0 Å². The molecule has 0 heterocycles. The number of nitro groups is 1. The van der Waals surface area contributed by atoms with Gasteiger partial charge in [0.15, 0.2) is 0 Å². The highest BCUT2D eigenvalue weighted by Crippen LogP contribution is 2.15. The standard InChI is InChI=1S/C15H15FN2O2/c1-11(13-4-6-14(16)7-5-13)17-10-12-2-8-15(9-3-12)18(19)20/h2-9,11,17H,10H2,1H3/t11-/m0/s1. The summed E-state index contributed by atoms with van der Waals surface area (Å²) in [5, 5.41) is 13.8. The summed E-state index contributed by atoms with van der Waals surface area (Å²) in [5.74, 6) is -0.253. The van der Waals surface area contributed by atoms with Gasteiger partial charge in [-0.3, -0.25) is 10.1 Å². The van der Waals surface area contributed by atoms with Crippen LogP contribution in [0.5, 0.6) is 0 Å². The summed E-state index contributed by atoms with van der Waals surface area (Å²) in [7, 11) is 0. The number of halogens is 1. The van der Waals surface area contributed by atoms with Gasteiger partial charge in [0.05, 0.1) is 4.92 Å². The second-order valence-electron chi connectivity index (χ2n) is 4.58. The molecule has 0 aromatic heterocycles. The Morgan fingerprint density at radius 3 is 2.30 bits per heavy atom. The fraction of sp³-hybridized carbons (Fsp3) is 0.200. The first kappa shape index (κ1) is 14.1. The third-order valence-corrected chi connectivity index (χ3v) is 3.13. The maximum absolute atomic E-state index is 12.8. The fourth-order valence-electron chi connectivity index (χ4n) is 1.88. The molecule has 0 spiro atoms. The maximum atomic E-state index is 12.8. The minimum Gasteiger partial charge on any atom is -0.306 e. The Labute approximate surface area is 116 Å². The van der Waals surface area contributed by atoms with Gasteiger partial charge in [-0.1, -0.05) is 24.3 Å². The Bertz CT molecular complexity index is 582. The molecule has 0 aliphatic rings. The summed E-state index contributed by atoms with van der Waals surface area (Å²) >= 11 is 0. The van der Waals surface area contributed by atoms with Crippen molar-refractivity contribution in [3.63, 3.8) is 0 Å². The molecule has 1 atom stereocenters. The SMILES string of the molecule is C[C@H](NCc1ccc([N+](=O)[O-])cc1)c1ccc(F)cc1. The molecule has 104 valence electrons. The quantitative estimate of drug-likeness (QED) is 0.669. The van der Waals surface area contributed by atoms with Crippen molar-refractivity contribution in [3.8, 4) is 0 Å². The highest BCUT2D eigenvalue weighted by atomic mass is 19.1. The summed E-state index contributed by atoms with van der Waals surface area (Å²) in [6.45, 7) is 2.58. The van der Waals surface area contributed by atoms with Crippen LogP contribution in [0.15, 0.2) is 48.5 Å². The molecule has 2 aromatic carbocycles. The number of benzene rings is 2. The van der Waals surface area contributed by atoms with Crippen molar-refractivity contribution in [3.05, 3.63) is 75.6 Å². The summed E-state index contributed by atoms with van der Waals surface area (Å²) in [6, 6.07) is 12.8. The van der Waals surface area contributed by atoms with E-state index in [0.717, 1.165) is 11.1 Å². The summed E-state index contributed by atoms with van der Waals surface area (Å²) in [5.41, 5.74) is 2.04. The lowest BCUT2D eigenvalue weighted by Crippen LogP contribution is -2.18. The largest absolute Gasteiger partial charge is 0.306 e. The van der Waals surface area contributed by atoms with Crippen molar-refractivity contribution >= 4 is 5.69 Å². The van der Waals surface area contributed by atoms with Gasteiger partial charge in [-0.15, -0.1) is 0 Å². The van der Waals surface area contributed by atoms with Crippen LogP contribution in [0.25, 0.3) is 0 Å². The lowest BCUT2D eigenvalue weighted by Gasteiger charge is -2.14. The molecule has 0 aliphatic heterocycles. The van der Waals surface area contributed by atoms with Gasteiger partial charge >= 0.3 is 0 Å². The van der Waals surface area contributed by atoms with Crippen molar-refractivity contribution in [1.29, 1.82) is 0 Å². The Morgan fingerprint density at radius 2 is 1.75 bits per heavy atom. The van der Waals surface area contributed by atoms with Gasteiger partial charge in [-0.25, -0.2) is 4.39 Å². The van der Waals surface area contributed by atoms with Gasteiger partial charge in [-0.2, -0.15) is 0 Å². The van der Waals surface area contributed by atoms with Crippen LogP contribution in [0.1, 0.15) is 24.1 Å². The number of rotatable bonds is 5. The molecule has 0 unspecified atom stereocenters. The van der Waals surface area contributed by atoms with Crippen LogP contribution in [0.4, 0.5) is 10.1 Å². The molecule has 2 aromatic rings. The highest BCUT2D eigenvalue weighted by molar-refractivity contribution is 5.32. The van der Waals surface area contributed by atoms with E-state index in [9.17, 15) is 14.5 Å². The Morgan fingerprint density at radius 1 is 1.15 bits per heavy atom. The van der Waals surface area contributed by atoms with Crippen molar-refractivity contribution < 1.29 is 9.31 Å². The van der Waals surface area contributed by atoms with Crippen LogP contribution >= 0.6 is 0 Å². The Balaban J connectivity index is 1.94. The minimum atomic E-state index is -0.418. The lowest BCUT2D eigenvalue weighted by molar-refractivity contribution is -0.384. The van der Waals surface area contributed by atoms with Gasteiger partial charge in [0.1, 0.15) is 5.82 Å². The average molecular weight is 274 g/mol. The molecule has 20 heavy (non-hydrogen) atoms. The zero-order chi connectivity index (χ0) is 14.5. The van der Waals surface area contributed by atoms with Gasteiger partial charge in [-0.05, 0) is 30.2 Å². The number of hydrogen-bond donors (Lipinski definition) is 1. The Hall–Kier alpha value is -2.27. The van der Waals surface area contributed by atoms with Gasteiger partial charge in [0.2, 0.25) is 0 Å². The monoisotopic (exact) mass is 274 g/mol. The molecule has 0 saturated heterocycles. The van der Waals surface area contributed by atoms with E-state index in [1.807, 2.05) is 6.92 Å². The lowest BCUT2D eigenvalue weighted by atomic mass is 10.1. The van der Waals surface area contributed by atoms with Gasteiger partial charge in [0, 0.05) is 24.7 Å². The molecule has 0 amide bonds. The highest BCUT2D eigenvalue weighted by Gasteiger charge is 2.07. The van der Waals surface area contributed by atoms with E-state index in [-0.39, 0.29) is 17.5 Å². The van der Waals surface area contributed by atoms with Crippen LogP contribution in [0.2, 0.25) is 0 Å². The van der Waals surface area contributed by atoms with E-state index in [1.165, 1.54) is 24.3 Å². The van der Waals surface area contributed by atoms with Crippen LogP contribution in [-0.4, -0.2) is 4.92 Å². The van der Waals surface area contributed by atoms with E-state index in [4.69, 9.17) is 0 Å². The van der Waals surface area contributed by atoms with E-state index >= 15 is 0 Å². The molecule has 0 radical (unpaired) electrons. The summed E-state index contributed by atoms with van der Waals surface area (Å²) < 4.78 is 12.8. The molecule has 2 rings (SSSR count). The fourth-order valence-corrected chi connectivity index (χ4v) is 1.88. The molecule has 0 fully saturated rings. The molecule has 0 bridgehead atoms. The molecular weight excluding hydrogens is 259 g/mol. The molecule has 1 N–H and O–H groups in total. The normalized spacial score (nSPS) is 12.1. The first-order valence-electron chi connectivity index (χ1n) is 6.28. The zero-order valence-electron chi connectivity index (χ0n) is 11.0. The van der Waals surface area contributed by atoms with Crippen LogP contribution < -0.4 is 5.32 Å². The third-order valence-electron chi connectivity index (χ3n) is 3.13. The van der Waals surface area contributed by atoms with E-state index in [2.05, 4.69) is 5.32 Å². The molecule has 0 saturated carbocycles. The molecule has 4 nitrogen and oxygen atoms in total. The van der Waals surface area contributed by atoms with Crippen molar-refractivity contribution in [2.75, 3.05) is 0 Å². The number of nitro benzene ring substituents is 1. The number of non-ortho nitro benzene ring substituents is 1. The van der Waals surface area contributed by atoms with Crippen molar-refractivity contribution in [2.45, 2.75) is 19.5 Å². The predicted octanol–water partition coefficient (Wildman–Crippen LogP) is 3.58. The summed E-state index contributed by atoms with van der Waals surface area (Å²) in [4.78, 5) is 10.1. The number of hydrogen-bond acceptors (Lipinski definition) is 3. The minimum absolute atomic E-state index is 0.0748. The summed E-state index contributed by atoms with van der Waals surface area (Å²) in [6.07, 6.45) is 0. The average Bonchev–Trinajstić information content (AvgIpc) is 2.46.